The van der Waals surface area contributed by atoms with Crippen LogP contribution in [0.4, 0.5) is 18.3 Å². The number of hydrogen-bond donors (Lipinski definition) is 3. The number of carbonyl (C=O) groups is 3. The first kappa shape index (κ1) is 29.3. The number of rotatable bonds is 9. The lowest BCUT2D eigenvalue weighted by atomic mass is 10.0. The van der Waals surface area contributed by atoms with Crippen molar-refractivity contribution in [3.05, 3.63) is 46.9 Å². The molecule has 0 radical (unpaired) electrons. The summed E-state index contributed by atoms with van der Waals surface area (Å²) in [6, 6.07) is 2.66. The maximum atomic E-state index is 13.2. The van der Waals surface area contributed by atoms with Gasteiger partial charge in [-0.05, 0) is 34.2 Å². The van der Waals surface area contributed by atoms with Crippen LogP contribution in [-0.4, -0.2) is 86.0 Å². The van der Waals surface area contributed by atoms with Gasteiger partial charge in [-0.25, -0.2) is 9.48 Å². The topological polar surface area (TPSA) is 204 Å². The molecule has 2 aromatic heterocycles. The molecule has 0 bridgehead atoms. The van der Waals surface area contributed by atoms with E-state index in [0.29, 0.717) is 16.8 Å². The van der Waals surface area contributed by atoms with Gasteiger partial charge < -0.3 is 21.0 Å². The normalized spacial score (nSPS) is 18.9. The number of hydrogen-bond acceptors (Lipinski definition) is 14. The van der Waals surface area contributed by atoms with E-state index in [-0.39, 0.29) is 33.9 Å². The number of halogens is 3. The number of tetrazole rings is 1. The number of alkyl halides is 3. The summed E-state index contributed by atoms with van der Waals surface area (Å²) < 4.78 is 44.5. The molecule has 2 aliphatic heterocycles. The molecule has 2 amide bonds. The van der Waals surface area contributed by atoms with Crippen LogP contribution in [-0.2, 0) is 27.6 Å². The molecule has 1 unspecified atom stereocenters. The molecule has 0 aliphatic carbocycles. The van der Waals surface area contributed by atoms with Gasteiger partial charge in [-0.15, -0.1) is 16.9 Å². The fraction of sp³-hybridized carbons (Fsp3) is 0.286. The second kappa shape index (κ2) is 11.6. The number of aromatic nitrogens is 6. The van der Waals surface area contributed by atoms with E-state index in [9.17, 15) is 32.7 Å². The first-order chi connectivity index (χ1) is 19.9. The number of β-lactam (4-membered cyclic amide) rings is 1. The van der Waals surface area contributed by atoms with E-state index in [1.54, 1.807) is 7.05 Å². The number of anilines is 1. The Morgan fingerprint density at radius 1 is 1.36 bits per heavy atom. The molecule has 3 aromatic rings. The predicted molar refractivity (Wildman–Crippen MR) is 142 cm³/mol. The van der Waals surface area contributed by atoms with Gasteiger partial charge in [-0.2, -0.15) is 22.5 Å². The SMILES string of the molecule is Cn1nnnc1SCC1=C(C(=O)O)N2C(=O)C(NC(=O)C(=NOc3cccc(C(F)(F)F)c3)c3nsc(N)n3)[C@@H]2SC1. The Morgan fingerprint density at radius 2 is 2.14 bits per heavy atom. The lowest BCUT2D eigenvalue weighted by Crippen LogP contribution is -2.71. The van der Waals surface area contributed by atoms with Gasteiger partial charge in [-0.1, -0.05) is 23.0 Å². The number of nitrogen functional groups attached to an aromatic ring is 1. The number of oxime groups is 1. The largest absolute Gasteiger partial charge is 0.477 e. The Kier molecular flexibility index (Phi) is 8.06. The quantitative estimate of drug-likeness (QED) is 0.129. The third-order valence-electron chi connectivity index (χ3n) is 5.77. The summed E-state index contributed by atoms with van der Waals surface area (Å²) in [7, 11) is 1.63. The highest BCUT2D eigenvalue weighted by Crippen LogP contribution is 2.41. The van der Waals surface area contributed by atoms with Crippen molar-refractivity contribution in [1.82, 2.24) is 39.8 Å². The minimum Gasteiger partial charge on any atom is -0.477 e. The average Bonchev–Trinajstić information content (AvgIpc) is 3.57. The zero-order valence-corrected chi connectivity index (χ0v) is 23.4. The summed E-state index contributed by atoms with van der Waals surface area (Å²) in [5.74, 6) is -3.16. The molecule has 1 fully saturated rings. The van der Waals surface area contributed by atoms with E-state index in [4.69, 9.17) is 10.6 Å². The van der Waals surface area contributed by atoms with E-state index >= 15 is 0 Å². The fourth-order valence-electron chi connectivity index (χ4n) is 3.84. The molecule has 4 N–H and O–H groups in total. The van der Waals surface area contributed by atoms with Crippen LogP contribution < -0.4 is 15.9 Å². The average molecular weight is 643 g/mol. The number of nitrogens with two attached hydrogens (primary N) is 1. The van der Waals surface area contributed by atoms with Crippen LogP contribution >= 0.6 is 35.1 Å². The lowest BCUT2D eigenvalue weighted by molar-refractivity contribution is -0.150. The maximum absolute atomic E-state index is 13.2. The molecule has 1 saturated heterocycles. The summed E-state index contributed by atoms with van der Waals surface area (Å²) >= 11 is 3.16. The zero-order chi connectivity index (χ0) is 30.2. The number of amides is 2. The highest BCUT2D eigenvalue weighted by Gasteiger charge is 2.54. The van der Waals surface area contributed by atoms with Gasteiger partial charge in [0, 0.05) is 30.1 Å². The van der Waals surface area contributed by atoms with Crippen molar-refractivity contribution in [3.63, 3.8) is 0 Å². The summed E-state index contributed by atoms with van der Waals surface area (Å²) in [4.78, 5) is 48.5. The van der Waals surface area contributed by atoms with E-state index < -0.39 is 46.7 Å². The van der Waals surface area contributed by atoms with E-state index in [1.807, 2.05) is 0 Å². The van der Waals surface area contributed by atoms with Crippen molar-refractivity contribution in [1.29, 1.82) is 0 Å². The van der Waals surface area contributed by atoms with E-state index in [2.05, 4.69) is 35.4 Å². The third kappa shape index (κ3) is 5.87. The fourth-order valence-corrected chi connectivity index (χ4v) is 6.61. The molecule has 21 heteroatoms. The number of thioether (sulfide) groups is 2. The predicted octanol–water partition coefficient (Wildman–Crippen LogP) is 0.977. The van der Waals surface area contributed by atoms with Crippen molar-refractivity contribution in [2.24, 2.45) is 12.2 Å². The molecule has 4 heterocycles. The Hall–Kier alpha value is -4.24. The molecule has 2 aliphatic rings. The number of nitrogens with zero attached hydrogens (tertiary/aromatic N) is 8. The van der Waals surface area contributed by atoms with Gasteiger partial charge in [0.2, 0.25) is 16.7 Å². The van der Waals surface area contributed by atoms with Crippen molar-refractivity contribution < 1.29 is 37.5 Å². The zero-order valence-electron chi connectivity index (χ0n) is 21.0. The number of fused-ring (bicyclic) bond motifs is 1. The first-order valence-corrected chi connectivity index (χ1v) is 14.3. The highest BCUT2D eigenvalue weighted by molar-refractivity contribution is 8.01. The van der Waals surface area contributed by atoms with E-state index in [1.165, 1.54) is 34.3 Å². The van der Waals surface area contributed by atoms with Gasteiger partial charge in [0.1, 0.15) is 17.1 Å². The smallest absolute Gasteiger partial charge is 0.416 e. The van der Waals surface area contributed by atoms with Crippen molar-refractivity contribution in [2.75, 3.05) is 17.2 Å². The van der Waals surface area contributed by atoms with Crippen LogP contribution in [0.5, 0.6) is 5.75 Å². The van der Waals surface area contributed by atoms with Gasteiger partial charge >= 0.3 is 12.1 Å². The number of nitrogens with one attached hydrogen (secondary N) is 1. The second-order valence-corrected chi connectivity index (χ2v) is 11.3. The Balaban J connectivity index is 1.34. The van der Waals surface area contributed by atoms with E-state index in [0.717, 1.165) is 28.6 Å². The highest BCUT2D eigenvalue weighted by atomic mass is 32.2. The van der Waals surface area contributed by atoms with Crippen LogP contribution in [0.25, 0.3) is 0 Å². The minimum atomic E-state index is -4.64. The summed E-state index contributed by atoms with van der Waals surface area (Å²) in [5, 5.41) is 26.8. The maximum Gasteiger partial charge on any atom is 0.416 e. The monoisotopic (exact) mass is 642 g/mol. The lowest BCUT2D eigenvalue weighted by Gasteiger charge is -2.49. The number of carboxylic acids is 1. The summed E-state index contributed by atoms with van der Waals surface area (Å²) in [5.41, 5.74) is 4.32. The van der Waals surface area contributed by atoms with Gasteiger partial charge in [0.05, 0.1) is 5.56 Å². The van der Waals surface area contributed by atoms with Crippen LogP contribution in [0.2, 0.25) is 0 Å². The molecule has 0 saturated carbocycles. The summed E-state index contributed by atoms with van der Waals surface area (Å²) in [6.45, 7) is 0. The minimum absolute atomic E-state index is 0.0305. The first-order valence-electron chi connectivity index (χ1n) is 11.5. The molecule has 5 rings (SSSR count). The molecule has 0 spiro atoms. The molecule has 220 valence electrons. The van der Waals surface area contributed by atoms with Gasteiger partial charge in [0.15, 0.2) is 10.9 Å². The standard InChI is InChI=1S/C21H17F3N10O5S3/c1-33-20(28-31-32-33)41-7-8-6-40-17-12(16(36)34(17)13(8)18(37)38)26-15(35)11(14-27-19(25)42-30-14)29-39-10-4-2-3-9(5-10)21(22,23)24/h2-5,12,17H,6-7H2,1H3,(H,26,35)(H,37,38)(H2,25,27,30)/t12?,17-/m0/s1. The summed E-state index contributed by atoms with van der Waals surface area (Å²) in [6.07, 6.45) is -4.64. The molecule has 1 aromatic carbocycles. The number of aliphatic carboxylic acids is 1. The Labute approximate surface area is 245 Å². The second-order valence-electron chi connectivity index (χ2n) is 8.50. The third-order valence-corrected chi connectivity index (χ3v) is 8.74. The molecular weight excluding hydrogens is 625 g/mol. The van der Waals surface area contributed by atoms with Crippen LogP contribution in [0.1, 0.15) is 11.4 Å². The van der Waals surface area contributed by atoms with Crippen LogP contribution in [0, 0.1) is 0 Å². The Morgan fingerprint density at radius 3 is 2.79 bits per heavy atom. The van der Waals surface area contributed by atoms with Crippen LogP contribution in [0.3, 0.4) is 0 Å². The van der Waals surface area contributed by atoms with Gasteiger partial charge in [-0.3, -0.25) is 14.5 Å². The van der Waals surface area contributed by atoms with Crippen molar-refractivity contribution >= 4 is 63.7 Å². The number of aryl methyl sites for hydroxylation is 1. The number of carboxylic acid groups (broad SMARTS) is 1. The Bertz CT molecular complexity index is 1620. The molecular formula is C21H17F3N10O5S3. The van der Waals surface area contributed by atoms with Crippen LogP contribution in [0.15, 0.2) is 45.8 Å². The molecule has 2 atom stereocenters. The van der Waals surface area contributed by atoms with Crippen molar-refractivity contribution in [2.45, 2.75) is 22.7 Å². The number of carbonyl (C=O) groups excluding carboxylic acids is 2. The van der Waals surface area contributed by atoms with Crippen molar-refractivity contribution in [3.8, 4) is 5.75 Å². The number of benzene rings is 1. The molecule has 15 nitrogen and oxygen atoms in total. The molecule has 42 heavy (non-hydrogen) atoms. The van der Waals surface area contributed by atoms with Gasteiger partial charge in [0.25, 0.3) is 11.8 Å².